The maximum atomic E-state index is 5.94. The van der Waals surface area contributed by atoms with E-state index < -0.39 is 0 Å². The fourth-order valence-electron chi connectivity index (χ4n) is 1.92. The smallest absolute Gasteiger partial charge is 0.126 e. The van der Waals surface area contributed by atoms with Crippen LogP contribution < -0.4 is 15.2 Å². The molecule has 0 aliphatic carbocycles. The lowest BCUT2D eigenvalue weighted by Gasteiger charge is -2.16. The molecule has 1 aliphatic heterocycles. The van der Waals surface area contributed by atoms with Crippen molar-refractivity contribution < 1.29 is 14.2 Å². The average molecular weight is 237 g/mol. The lowest BCUT2D eigenvalue weighted by Crippen LogP contribution is -2.17. The highest BCUT2D eigenvalue weighted by Gasteiger charge is 2.18. The molecule has 0 amide bonds. The van der Waals surface area contributed by atoms with Crippen LogP contribution in [0.25, 0.3) is 0 Å². The second-order valence-electron chi connectivity index (χ2n) is 4.12. The molecule has 1 aromatic carbocycles. The van der Waals surface area contributed by atoms with E-state index >= 15 is 0 Å². The fourth-order valence-corrected chi connectivity index (χ4v) is 1.92. The number of methoxy groups -OCH3 is 1. The molecule has 1 atom stereocenters. The van der Waals surface area contributed by atoms with Crippen LogP contribution in [0.4, 0.5) is 0 Å². The first-order valence-electron chi connectivity index (χ1n) is 5.95. The summed E-state index contributed by atoms with van der Waals surface area (Å²) < 4.78 is 16.5. The summed E-state index contributed by atoms with van der Waals surface area (Å²) in [5, 5.41) is 0. The summed E-state index contributed by atoms with van der Waals surface area (Å²) in [4.78, 5) is 0. The van der Waals surface area contributed by atoms with Gasteiger partial charge < -0.3 is 19.9 Å². The maximum absolute atomic E-state index is 5.94. The Kier molecular flexibility index (Phi) is 4.23. The third-order valence-corrected chi connectivity index (χ3v) is 2.87. The molecular weight excluding hydrogens is 218 g/mol. The van der Waals surface area contributed by atoms with E-state index in [1.165, 1.54) is 0 Å². The predicted molar refractivity (Wildman–Crippen MR) is 65.6 cm³/mol. The van der Waals surface area contributed by atoms with Gasteiger partial charge in [0.15, 0.2) is 0 Å². The number of hydrogen-bond acceptors (Lipinski definition) is 4. The van der Waals surface area contributed by atoms with E-state index in [4.69, 9.17) is 19.9 Å². The van der Waals surface area contributed by atoms with Crippen LogP contribution in [-0.4, -0.2) is 33.0 Å². The molecule has 4 nitrogen and oxygen atoms in total. The third kappa shape index (κ3) is 3.11. The molecule has 1 aliphatic rings. The quantitative estimate of drug-likeness (QED) is 0.840. The van der Waals surface area contributed by atoms with Gasteiger partial charge in [0.25, 0.3) is 0 Å². The van der Waals surface area contributed by atoms with Crippen molar-refractivity contribution in [1.82, 2.24) is 0 Å². The van der Waals surface area contributed by atoms with E-state index in [0.717, 1.165) is 36.5 Å². The Bertz CT molecular complexity index is 362. The first kappa shape index (κ1) is 12.2. The van der Waals surface area contributed by atoms with Gasteiger partial charge in [0.05, 0.1) is 20.3 Å². The van der Waals surface area contributed by atoms with Crippen LogP contribution in [-0.2, 0) is 11.2 Å². The van der Waals surface area contributed by atoms with Crippen molar-refractivity contribution >= 4 is 0 Å². The third-order valence-electron chi connectivity index (χ3n) is 2.87. The van der Waals surface area contributed by atoms with E-state index in [1.54, 1.807) is 7.11 Å². The zero-order valence-electron chi connectivity index (χ0n) is 10.1. The number of hydrogen-bond donors (Lipinski definition) is 1. The Labute approximate surface area is 102 Å². The maximum Gasteiger partial charge on any atom is 0.126 e. The highest BCUT2D eigenvalue weighted by molar-refractivity contribution is 5.41. The van der Waals surface area contributed by atoms with Crippen molar-refractivity contribution in [1.29, 1.82) is 0 Å². The summed E-state index contributed by atoms with van der Waals surface area (Å²) in [6.45, 7) is 2.06. The molecule has 0 saturated carbocycles. The molecule has 17 heavy (non-hydrogen) atoms. The van der Waals surface area contributed by atoms with Crippen molar-refractivity contribution in [3.8, 4) is 11.5 Å². The molecular formula is C13H19NO3. The van der Waals surface area contributed by atoms with Gasteiger partial charge >= 0.3 is 0 Å². The van der Waals surface area contributed by atoms with Gasteiger partial charge in [-0.3, -0.25) is 0 Å². The Hall–Kier alpha value is -1.26. The molecule has 0 radical (unpaired) electrons. The summed E-state index contributed by atoms with van der Waals surface area (Å²) in [5.74, 6) is 1.67. The van der Waals surface area contributed by atoms with Gasteiger partial charge in [-0.05, 0) is 24.6 Å². The summed E-state index contributed by atoms with van der Waals surface area (Å²) in [5.41, 5.74) is 6.72. The number of rotatable bonds is 5. The second-order valence-corrected chi connectivity index (χ2v) is 4.12. The monoisotopic (exact) mass is 237 g/mol. The molecule has 1 aromatic rings. The number of nitrogens with two attached hydrogens (primary N) is 1. The van der Waals surface area contributed by atoms with Crippen molar-refractivity contribution in [2.75, 3.05) is 26.9 Å². The molecule has 2 rings (SSSR count). The van der Waals surface area contributed by atoms with Gasteiger partial charge in [-0.25, -0.2) is 0 Å². The molecule has 0 bridgehead atoms. The molecule has 0 spiro atoms. The molecule has 1 fully saturated rings. The molecule has 4 heteroatoms. The first-order chi connectivity index (χ1) is 8.33. The lowest BCUT2D eigenvalue weighted by molar-refractivity contribution is 0.140. The van der Waals surface area contributed by atoms with Crippen LogP contribution in [0.5, 0.6) is 11.5 Å². The normalized spacial score (nSPS) is 19.3. The van der Waals surface area contributed by atoms with Gasteiger partial charge in [0.1, 0.15) is 17.6 Å². The summed E-state index contributed by atoms with van der Waals surface area (Å²) in [6, 6.07) is 5.86. The van der Waals surface area contributed by atoms with Crippen LogP contribution in [0, 0.1) is 0 Å². The van der Waals surface area contributed by atoms with Crippen LogP contribution in [0.15, 0.2) is 18.2 Å². The number of benzene rings is 1. The van der Waals surface area contributed by atoms with Gasteiger partial charge in [0.2, 0.25) is 0 Å². The zero-order chi connectivity index (χ0) is 12.1. The molecule has 1 unspecified atom stereocenters. The minimum atomic E-state index is 0.152. The van der Waals surface area contributed by atoms with Gasteiger partial charge in [-0.1, -0.05) is 6.07 Å². The van der Waals surface area contributed by atoms with Gasteiger partial charge in [-0.2, -0.15) is 0 Å². The second kappa shape index (κ2) is 5.89. The Morgan fingerprint density at radius 2 is 2.35 bits per heavy atom. The Morgan fingerprint density at radius 3 is 3.00 bits per heavy atom. The first-order valence-corrected chi connectivity index (χ1v) is 5.95. The van der Waals surface area contributed by atoms with E-state index in [0.29, 0.717) is 13.2 Å². The van der Waals surface area contributed by atoms with E-state index in [1.807, 2.05) is 18.2 Å². The standard InChI is InChI=1S/C13H19NO3/c1-15-11-3-2-10(4-6-14)13(8-11)17-12-5-7-16-9-12/h2-3,8,12H,4-7,9,14H2,1H3. The van der Waals surface area contributed by atoms with Gasteiger partial charge in [-0.15, -0.1) is 0 Å². The van der Waals surface area contributed by atoms with Crippen molar-refractivity contribution in [3.63, 3.8) is 0 Å². The van der Waals surface area contributed by atoms with Gasteiger partial charge in [0, 0.05) is 12.5 Å². The van der Waals surface area contributed by atoms with Crippen molar-refractivity contribution in [2.24, 2.45) is 5.73 Å². The fraction of sp³-hybridized carbons (Fsp3) is 0.538. The van der Waals surface area contributed by atoms with Crippen LogP contribution >= 0.6 is 0 Å². The van der Waals surface area contributed by atoms with E-state index in [-0.39, 0.29) is 6.10 Å². The zero-order valence-corrected chi connectivity index (χ0v) is 10.1. The summed E-state index contributed by atoms with van der Waals surface area (Å²) in [7, 11) is 1.65. The molecule has 94 valence electrons. The SMILES string of the molecule is COc1ccc(CCN)c(OC2CCOC2)c1. The minimum absolute atomic E-state index is 0.152. The Morgan fingerprint density at radius 1 is 1.47 bits per heavy atom. The molecule has 1 heterocycles. The minimum Gasteiger partial charge on any atom is -0.497 e. The van der Waals surface area contributed by atoms with Crippen LogP contribution in [0.3, 0.4) is 0 Å². The summed E-state index contributed by atoms with van der Waals surface area (Å²) >= 11 is 0. The lowest BCUT2D eigenvalue weighted by atomic mass is 10.1. The number of ether oxygens (including phenoxy) is 3. The van der Waals surface area contributed by atoms with E-state index in [2.05, 4.69) is 0 Å². The highest BCUT2D eigenvalue weighted by Crippen LogP contribution is 2.27. The highest BCUT2D eigenvalue weighted by atomic mass is 16.5. The molecule has 2 N–H and O–H groups in total. The molecule has 1 saturated heterocycles. The van der Waals surface area contributed by atoms with Crippen molar-refractivity contribution in [3.05, 3.63) is 23.8 Å². The Balaban J connectivity index is 2.14. The van der Waals surface area contributed by atoms with Crippen LogP contribution in [0.1, 0.15) is 12.0 Å². The van der Waals surface area contributed by atoms with Crippen LogP contribution in [0.2, 0.25) is 0 Å². The van der Waals surface area contributed by atoms with Crippen molar-refractivity contribution in [2.45, 2.75) is 18.9 Å². The van der Waals surface area contributed by atoms with E-state index in [9.17, 15) is 0 Å². The summed E-state index contributed by atoms with van der Waals surface area (Å²) in [6.07, 6.45) is 1.91. The predicted octanol–water partition coefficient (Wildman–Crippen LogP) is 1.36. The average Bonchev–Trinajstić information content (AvgIpc) is 2.84. The topological polar surface area (TPSA) is 53.7 Å². The largest absolute Gasteiger partial charge is 0.497 e. The molecule has 0 aromatic heterocycles.